The SMILES string of the molecule is Cc1oc(C2CCNCC2)nc1C1CCCC1. The van der Waals surface area contributed by atoms with Gasteiger partial charge in [-0.05, 0) is 45.7 Å². The largest absolute Gasteiger partial charge is 0.445 e. The zero-order chi connectivity index (χ0) is 11.7. The topological polar surface area (TPSA) is 38.1 Å². The quantitative estimate of drug-likeness (QED) is 0.854. The van der Waals surface area contributed by atoms with E-state index in [-0.39, 0.29) is 0 Å². The van der Waals surface area contributed by atoms with Crippen molar-refractivity contribution in [2.24, 2.45) is 0 Å². The first-order valence-electron chi connectivity index (χ1n) is 7.02. The van der Waals surface area contributed by atoms with Crippen LogP contribution in [0.4, 0.5) is 0 Å². The number of nitrogens with one attached hydrogen (secondary N) is 1. The molecule has 1 saturated carbocycles. The van der Waals surface area contributed by atoms with Crippen LogP contribution < -0.4 is 5.32 Å². The molecule has 3 nitrogen and oxygen atoms in total. The van der Waals surface area contributed by atoms with Crippen molar-refractivity contribution >= 4 is 0 Å². The van der Waals surface area contributed by atoms with E-state index in [0.29, 0.717) is 11.8 Å². The summed E-state index contributed by atoms with van der Waals surface area (Å²) >= 11 is 0. The van der Waals surface area contributed by atoms with Crippen LogP contribution in [-0.2, 0) is 0 Å². The van der Waals surface area contributed by atoms with Gasteiger partial charge >= 0.3 is 0 Å². The Morgan fingerprint density at radius 3 is 2.47 bits per heavy atom. The fourth-order valence-corrected chi connectivity index (χ4v) is 3.25. The van der Waals surface area contributed by atoms with Gasteiger partial charge in [-0.15, -0.1) is 0 Å². The van der Waals surface area contributed by atoms with Crippen molar-refractivity contribution in [1.29, 1.82) is 0 Å². The van der Waals surface area contributed by atoms with Crippen molar-refractivity contribution in [3.63, 3.8) is 0 Å². The molecule has 1 N–H and O–H groups in total. The normalized spacial score (nSPS) is 23.4. The Labute approximate surface area is 103 Å². The van der Waals surface area contributed by atoms with Crippen molar-refractivity contribution in [2.45, 2.75) is 57.3 Å². The summed E-state index contributed by atoms with van der Waals surface area (Å²) in [5.74, 6) is 3.30. The van der Waals surface area contributed by atoms with Gasteiger partial charge in [0.05, 0.1) is 5.69 Å². The lowest BCUT2D eigenvalue weighted by Crippen LogP contribution is -2.26. The Balaban J connectivity index is 1.79. The van der Waals surface area contributed by atoms with Gasteiger partial charge in [0.2, 0.25) is 0 Å². The van der Waals surface area contributed by atoms with Crippen LogP contribution in [0.1, 0.15) is 67.7 Å². The van der Waals surface area contributed by atoms with Gasteiger partial charge < -0.3 is 9.73 Å². The van der Waals surface area contributed by atoms with Crippen molar-refractivity contribution < 1.29 is 4.42 Å². The first kappa shape index (κ1) is 11.3. The van der Waals surface area contributed by atoms with E-state index in [1.54, 1.807) is 0 Å². The van der Waals surface area contributed by atoms with Crippen molar-refractivity contribution in [3.8, 4) is 0 Å². The van der Waals surface area contributed by atoms with Gasteiger partial charge in [-0.25, -0.2) is 4.98 Å². The summed E-state index contributed by atoms with van der Waals surface area (Å²) < 4.78 is 5.93. The molecule has 1 aromatic rings. The van der Waals surface area contributed by atoms with Crippen LogP contribution in [0.15, 0.2) is 4.42 Å². The molecular weight excluding hydrogens is 212 g/mol. The lowest BCUT2D eigenvalue weighted by atomic mass is 9.98. The number of piperidine rings is 1. The molecule has 2 aliphatic rings. The number of aryl methyl sites for hydroxylation is 1. The molecule has 2 heterocycles. The molecule has 0 aromatic carbocycles. The summed E-state index contributed by atoms with van der Waals surface area (Å²) in [6.45, 7) is 4.29. The average Bonchev–Trinajstić information content (AvgIpc) is 2.99. The third-order valence-corrected chi connectivity index (χ3v) is 4.28. The second-order valence-electron chi connectivity index (χ2n) is 5.50. The Bertz CT molecular complexity index is 374. The number of hydrogen-bond acceptors (Lipinski definition) is 3. The smallest absolute Gasteiger partial charge is 0.197 e. The molecule has 0 unspecified atom stereocenters. The average molecular weight is 234 g/mol. The Morgan fingerprint density at radius 1 is 1.06 bits per heavy atom. The molecule has 2 fully saturated rings. The maximum atomic E-state index is 5.93. The molecule has 0 amide bonds. The first-order chi connectivity index (χ1) is 8.34. The van der Waals surface area contributed by atoms with Crippen LogP contribution in [0.2, 0.25) is 0 Å². The Kier molecular flexibility index (Phi) is 3.19. The monoisotopic (exact) mass is 234 g/mol. The molecule has 1 saturated heterocycles. The number of aromatic nitrogens is 1. The second kappa shape index (κ2) is 4.81. The van der Waals surface area contributed by atoms with Crippen LogP contribution in [0.5, 0.6) is 0 Å². The fourth-order valence-electron chi connectivity index (χ4n) is 3.25. The van der Waals surface area contributed by atoms with Gasteiger partial charge in [0.1, 0.15) is 5.76 Å². The van der Waals surface area contributed by atoms with Gasteiger partial charge in [0.25, 0.3) is 0 Å². The number of oxazole rings is 1. The number of rotatable bonds is 2. The van der Waals surface area contributed by atoms with E-state index in [2.05, 4.69) is 12.2 Å². The van der Waals surface area contributed by atoms with Gasteiger partial charge in [0, 0.05) is 11.8 Å². The highest BCUT2D eigenvalue weighted by atomic mass is 16.4. The maximum Gasteiger partial charge on any atom is 0.197 e. The van der Waals surface area contributed by atoms with Gasteiger partial charge in [0.15, 0.2) is 5.89 Å². The summed E-state index contributed by atoms with van der Waals surface area (Å²) in [6, 6.07) is 0. The number of nitrogens with zero attached hydrogens (tertiary/aromatic N) is 1. The van der Waals surface area contributed by atoms with Crippen LogP contribution in [0, 0.1) is 6.92 Å². The third kappa shape index (κ3) is 2.25. The molecule has 94 valence electrons. The highest BCUT2D eigenvalue weighted by molar-refractivity contribution is 5.16. The first-order valence-corrected chi connectivity index (χ1v) is 7.02. The third-order valence-electron chi connectivity index (χ3n) is 4.28. The zero-order valence-corrected chi connectivity index (χ0v) is 10.7. The van der Waals surface area contributed by atoms with E-state index in [1.807, 2.05) is 0 Å². The summed E-state index contributed by atoms with van der Waals surface area (Å²) in [6.07, 6.45) is 7.67. The Morgan fingerprint density at radius 2 is 1.76 bits per heavy atom. The minimum atomic E-state index is 0.546. The molecule has 0 atom stereocenters. The lowest BCUT2D eigenvalue weighted by molar-refractivity contribution is 0.366. The van der Waals surface area contributed by atoms with E-state index >= 15 is 0 Å². The molecule has 3 heteroatoms. The minimum Gasteiger partial charge on any atom is -0.445 e. The molecule has 0 bridgehead atoms. The van der Waals surface area contributed by atoms with Crippen molar-refractivity contribution in [2.75, 3.05) is 13.1 Å². The number of hydrogen-bond donors (Lipinski definition) is 1. The molecule has 0 spiro atoms. The standard InChI is InChI=1S/C14H22N2O/c1-10-13(11-4-2-3-5-11)16-14(17-10)12-6-8-15-9-7-12/h11-12,15H,2-9H2,1H3. The molecule has 17 heavy (non-hydrogen) atoms. The van der Waals surface area contributed by atoms with Gasteiger partial charge in [-0.1, -0.05) is 12.8 Å². The molecule has 0 radical (unpaired) electrons. The van der Waals surface area contributed by atoms with Crippen molar-refractivity contribution in [3.05, 3.63) is 17.3 Å². The van der Waals surface area contributed by atoms with E-state index in [0.717, 1.165) is 24.7 Å². The van der Waals surface area contributed by atoms with E-state index < -0.39 is 0 Å². The molecule has 1 aromatic heterocycles. The molecule has 3 rings (SSSR count). The summed E-state index contributed by atoms with van der Waals surface area (Å²) in [4.78, 5) is 4.82. The highest BCUT2D eigenvalue weighted by Crippen LogP contribution is 2.37. The van der Waals surface area contributed by atoms with Crippen LogP contribution in [0.3, 0.4) is 0 Å². The molecule has 1 aliphatic carbocycles. The lowest BCUT2D eigenvalue weighted by Gasteiger charge is -2.19. The Hall–Kier alpha value is -0.830. The summed E-state index contributed by atoms with van der Waals surface area (Å²) in [5.41, 5.74) is 1.26. The van der Waals surface area contributed by atoms with E-state index in [4.69, 9.17) is 9.40 Å². The zero-order valence-electron chi connectivity index (χ0n) is 10.7. The van der Waals surface area contributed by atoms with Crippen LogP contribution in [0.25, 0.3) is 0 Å². The second-order valence-corrected chi connectivity index (χ2v) is 5.50. The predicted octanol–water partition coefficient (Wildman–Crippen LogP) is 3.11. The van der Waals surface area contributed by atoms with Crippen LogP contribution >= 0.6 is 0 Å². The highest BCUT2D eigenvalue weighted by Gasteiger charge is 2.26. The van der Waals surface area contributed by atoms with Crippen LogP contribution in [-0.4, -0.2) is 18.1 Å². The predicted molar refractivity (Wildman–Crippen MR) is 67.3 cm³/mol. The van der Waals surface area contributed by atoms with Crippen molar-refractivity contribution in [1.82, 2.24) is 10.3 Å². The van der Waals surface area contributed by atoms with Gasteiger partial charge in [-0.3, -0.25) is 0 Å². The summed E-state index contributed by atoms with van der Waals surface area (Å²) in [7, 11) is 0. The minimum absolute atomic E-state index is 0.546. The maximum absolute atomic E-state index is 5.93. The van der Waals surface area contributed by atoms with E-state index in [1.165, 1.54) is 44.2 Å². The molecule has 1 aliphatic heterocycles. The summed E-state index contributed by atoms with van der Waals surface area (Å²) in [5, 5.41) is 3.39. The van der Waals surface area contributed by atoms with E-state index in [9.17, 15) is 0 Å². The molecular formula is C14H22N2O. The fraction of sp³-hybridized carbons (Fsp3) is 0.786. The van der Waals surface area contributed by atoms with Gasteiger partial charge in [-0.2, -0.15) is 0 Å².